The van der Waals surface area contributed by atoms with E-state index in [1.807, 2.05) is 6.07 Å². The Balaban J connectivity index is 1.53. The molecule has 128 valence electrons. The van der Waals surface area contributed by atoms with Crippen LogP contribution in [0, 0.1) is 0 Å². The van der Waals surface area contributed by atoms with Gasteiger partial charge in [-0.1, -0.05) is 18.2 Å². The molecule has 2 aromatic rings. The number of thiophene rings is 1. The van der Waals surface area contributed by atoms with Crippen molar-refractivity contribution in [2.24, 2.45) is 0 Å². The molecule has 5 heteroatoms. The van der Waals surface area contributed by atoms with Crippen LogP contribution in [0.5, 0.6) is 5.75 Å². The molecule has 1 aromatic heterocycles. The fraction of sp³-hybridized carbons (Fsp3) is 0.421. The molecule has 3 rings (SSSR count). The van der Waals surface area contributed by atoms with Crippen molar-refractivity contribution in [2.45, 2.75) is 31.9 Å². The van der Waals surface area contributed by atoms with Gasteiger partial charge >= 0.3 is 0 Å². The number of hydrogen-bond acceptors (Lipinski definition) is 5. The summed E-state index contributed by atoms with van der Waals surface area (Å²) in [5.41, 5.74) is 0.624. The third kappa shape index (κ3) is 4.23. The van der Waals surface area contributed by atoms with Crippen molar-refractivity contribution in [2.75, 3.05) is 19.7 Å². The Morgan fingerprint density at radius 1 is 1.42 bits per heavy atom. The summed E-state index contributed by atoms with van der Waals surface area (Å²) in [6.07, 6.45) is 1.76. The van der Waals surface area contributed by atoms with Crippen LogP contribution >= 0.6 is 11.3 Å². The summed E-state index contributed by atoms with van der Waals surface area (Å²) < 4.78 is 5.67. The van der Waals surface area contributed by atoms with E-state index in [2.05, 4.69) is 22.4 Å². The van der Waals surface area contributed by atoms with Crippen LogP contribution in [0.4, 0.5) is 0 Å². The first-order valence-corrected chi connectivity index (χ1v) is 9.21. The van der Waals surface area contributed by atoms with Crippen molar-refractivity contribution in [1.82, 2.24) is 4.90 Å². The molecule has 1 aliphatic rings. The van der Waals surface area contributed by atoms with Gasteiger partial charge in [0.15, 0.2) is 5.78 Å². The van der Waals surface area contributed by atoms with E-state index in [9.17, 15) is 9.90 Å². The largest absolute Gasteiger partial charge is 0.491 e. The summed E-state index contributed by atoms with van der Waals surface area (Å²) in [4.78, 5) is 15.1. The molecule has 0 radical (unpaired) electrons. The van der Waals surface area contributed by atoms with Crippen LogP contribution in [0.25, 0.3) is 0 Å². The van der Waals surface area contributed by atoms with Gasteiger partial charge in [-0.15, -0.1) is 11.3 Å². The highest BCUT2D eigenvalue weighted by Gasteiger charge is 2.28. The molecule has 0 unspecified atom stereocenters. The summed E-state index contributed by atoms with van der Waals surface area (Å²) >= 11 is 1.78. The fourth-order valence-corrected chi connectivity index (χ4v) is 4.06. The molecular formula is C19H23NO3S. The van der Waals surface area contributed by atoms with E-state index in [-0.39, 0.29) is 12.4 Å². The highest BCUT2D eigenvalue weighted by Crippen LogP contribution is 2.34. The molecule has 24 heavy (non-hydrogen) atoms. The SMILES string of the molecule is CC(=O)c1cccc(OC[C@H](O)CN2CCC[C@H]2c2cccs2)c1. The van der Waals surface area contributed by atoms with Gasteiger partial charge in [-0.3, -0.25) is 9.69 Å². The molecule has 1 saturated heterocycles. The number of likely N-dealkylation sites (tertiary alicyclic amines) is 1. The van der Waals surface area contributed by atoms with Crippen LogP contribution in [0.1, 0.15) is 41.0 Å². The van der Waals surface area contributed by atoms with Crippen LogP contribution in [0.15, 0.2) is 41.8 Å². The number of hydrogen-bond donors (Lipinski definition) is 1. The van der Waals surface area contributed by atoms with Crippen molar-refractivity contribution in [3.8, 4) is 5.75 Å². The Labute approximate surface area is 146 Å². The minimum Gasteiger partial charge on any atom is -0.491 e. The first-order chi connectivity index (χ1) is 11.6. The lowest BCUT2D eigenvalue weighted by molar-refractivity contribution is 0.0642. The Hall–Kier alpha value is -1.69. The average Bonchev–Trinajstić information content (AvgIpc) is 3.24. The van der Waals surface area contributed by atoms with E-state index < -0.39 is 6.10 Å². The highest BCUT2D eigenvalue weighted by atomic mass is 32.1. The van der Waals surface area contributed by atoms with Crippen molar-refractivity contribution < 1.29 is 14.6 Å². The lowest BCUT2D eigenvalue weighted by atomic mass is 10.1. The molecule has 1 aliphatic heterocycles. The van der Waals surface area contributed by atoms with Gasteiger partial charge in [-0.2, -0.15) is 0 Å². The molecular weight excluding hydrogens is 322 g/mol. The van der Waals surface area contributed by atoms with Gasteiger partial charge in [0, 0.05) is 23.0 Å². The smallest absolute Gasteiger partial charge is 0.159 e. The zero-order valence-electron chi connectivity index (χ0n) is 13.9. The van der Waals surface area contributed by atoms with E-state index >= 15 is 0 Å². The number of benzene rings is 1. The van der Waals surface area contributed by atoms with Crippen LogP contribution in [0.2, 0.25) is 0 Å². The Morgan fingerprint density at radius 3 is 3.04 bits per heavy atom. The van der Waals surface area contributed by atoms with Crippen molar-refractivity contribution in [3.63, 3.8) is 0 Å². The third-order valence-electron chi connectivity index (χ3n) is 4.36. The van der Waals surface area contributed by atoms with Crippen LogP contribution in [-0.4, -0.2) is 41.6 Å². The molecule has 0 amide bonds. The number of nitrogens with zero attached hydrogens (tertiary/aromatic N) is 1. The summed E-state index contributed by atoms with van der Waals surface area (Å²) in [7, 11) is 0. The minimum atomic E-state index is -0.549. The number of carbonyl (C=O) groups excluding carboxylic acids is 1. The predicted octanol–water partition coefficient (Wildman–Crippen LogP) is 3.53. The molecule has 2 atom stereocenters. The van der Waals surface area contributed by atoms with Gasteiger partial charge in [0.2, 0.25) is 0 Å². The lowest BCUT2D eigenvalue weighted by Gasteiger charge is -2.26. The zero-order chi connectivity index (χ0) is 16.9. The van der Waals surface area contributed by atoms with E-state index in [0.29, 0.717) is 23.9 Å². The van der Waals surface area contributed by atoms with Gasteiger partial charge in [0.1, 0.15) is 18.5 Å². The second kappa shape index (κ2) is 7.92. The summed E-state index contributed by atoms with van der Waals surface area (Å²) in [5.74, 6) is 0.634. The lowest BCUT2D eigenvalue weighted by Crippen LogP contribution is -2.35. The van der Waals surface area contributed by atoms with Crippen LogP contribution < -0.4 is 4.74 Å². The highest BCUT2D eigenvalue weighted by molar-refractivity contribution is 7.10. The number of Topliss-reactive ketones (excluding diaryl/α,β-unsaturated/α-hetero) is 1. The quantitative estimate of drug-likeness (QED) is 0.780. The summed E-state index contributed by atoms with van der Waals surface area (Å²) in [6, 6.07) is 11.8. The maximum atomic E-state index is 11.4. The van der Waals surface area contributed by atoms with Gasteiger partial charge in [0.25, 0.3) is 0 Å². The number of β-amino-alcohol motifs (C(OH)–C–C–N with tert-alkyl or cyclic N) is 1. The van der Waals surface area contributed by atoms with E-state index in [4.69, 9.17) is 4.74 Å². The second-order valence-electron chi connectivity index (χ2n) is 6.22. The molecule has 1 aromatic carbocycles. The maximum Gasteiger partial charge on any atom is 0.159 e. The van der Waals surface area contributed by atoms with Gasteiger partial charge in [-0.05, 0) is 49.9 Å². The van der Waals surface area contributed by atoms with Gasteiger partial charge < -0.3 is 9.84 Å². The first-order valence-electron chi connectivity index (χ1n) is 8.33. The van der Waals surface area contributed by atoms with Gasteiger partial charge in [0.05, 0.1) is 0 Å². The van der Waals surface area contributed by atoms with E-state index in [0.717, 1.165) is 19.4 Å². The predicted molar refractivity (Wildman–Crippen MR) is 95.8 cm³/mol. The molecule has 1 N–H and O–H groups in total. The fourth-order valence-electron chi connectivity index (χ4n) is 3.17. The van der Waals surface area contributed by atoms with Crippen LogP contribution in [0.3, 0.4) is 0 Å². The molecule has 0 spiro atoms. The second-order valence-corrected chi connectivity index (χ2v) is 7.20. The molecule has 1 fully saturated rings. The molecule has 0 bridgehead atoms. The van der Waals surface area contributed by atoms with Crippen molar-refractivity contribution in [3.05, 3.63) is 52.2 Å². The number of carbonyl (C=O) groups is 1. The van der Waals surface area contributed by atoms with E-state index in [1.54, 1.807) is 29.5 Å². The topological polar surface area (TPSA) is 49.8 Å². The number of aliphatic hydroxyl groups excluding tert-OH is 1. The average molecular weight is 345 g/mol. The third-order valence-corrected chi connectivity index (χ3v) is 5.34. The van der Waals surface area contributed by atoms with Crippen molar-refractivity contribution in [1.29, 1.82) is 0 Å². The number of aliphatic hydroxyl groups is 1. The summed E-state index contributed by atoms with van der Waals surface area (Å²) in [5, 5.41) is 12.4. The Bertz CT molecular complexity index is 671. The normalized spacial score (nSPS) is 19.3. The Morgan fingerprint density at radius 2 is 2.29 bits per heavy atom. The number of ether oxygens (including phenoxy) is 1. The van der Waals surface area contributed by atoms with Crippen LogP contribution in [-0.2, 0) is 0 Å². The van der Waals surface area contributed by atoms with Crippen molar-refractivity contribution >= 4 is 17.1 Å². The first kappa shape index (κ1) is 17.1. The van der Waals surface area contributed by atoms with E-state index in [1.165, 1.54) is 11.8 Å². The molecule has 4 nitrogen and oxygen atoms in total. The zero-order valence-corrected chi connectivity index (χ0v) is 14.7. The Kier molecular flexibility index (Phi) is 5.66. The number of ketones is 1. The summed E-state index contributed by atoms with van der Waals surface area (Å²) in [6.45, 7) is 3.38. The minimum absolute atomic E-state index is 0.0110. The molecule has 0 saturated carbocycles. The molecule has 0 aliphatic carbocycles. The molecule has 2 heterocycles. The standard InChI is InChI=1S/C19H23NO3S/c1-14(21)15-5-2-6-17(11-15)23-13-16(22)12-20-9-3-7-18(20)19-8-4-10-24-19/h2,4-6,8,10-11,16,18,22H,3,7,9,12-13H2,1H3/t16-,18+/m1/s1. The monoisotopic (exact) mass is 345 g/mol. The maximum absolute atomic E-state index is 11.4. The number of rotatable bonds is 7. The van der Waals surface area contributed by atoms with Gasteiger partial charge in [-0.25, -0.2) is 0 Å².